The van der Waals surface area contributed by atoms with Crippen LogP contribution in [-0.4, -0.2) is 23.5 Å². The molecule has 0 bridgehead atoms. The summed E-state index contributed by atoms with van der Waals surface area (Å²) in [5.41, 5.74) is 2.24. The maximum Gasteiger partial charge on any atom is 0.338 e. The van der Waals surface area contributed by atoms with Gasteiger partial charge in [-0.15, -0.1) is 11.3 Å². The van der Waals surface area contributed by atoms with Crippen LogP contribution in [0.25, 0.3) is 0 Å². The number of rotatable bonds is 6. The van der Waals surface area contributed by atoms with Gasteiger partial charge in [-0.3, -0.25) is 4.79 Å². The molecular weight excluding hydrogens is 350 g/mol. The van der Waals surface area contributed by atoms with Crippen LogP contribution < -0.4 is 10.6 Å². The highest BCUT2D eigenvalue weighted by atomic mass is 32.1. The van der Waals surface area contributed by atoms with Crippen molar-refractivity contribution in [1.82, 2.24) is 4.98 Å². The lowest BCUT2D eigenvalue weighted by Gasteiger charge is -2.05. The fourth-order valence-corrected chi connectivity index (χ4v) is 2.89. The van der Waals surface area contributed by atoms with Gasteiger partial charge in [-0.2, -0.15) is 0 Å². The zero-order valence-electron chi connectivity index (χ0n) is 14.1. The predicted octanol–water partition coefficient (Wildman–Crippen LogP) is 4.32. The highest BCUT2D eigenvalue weighted by molar-refractivity contribution is 7.14. The lowest BCUT2D eigenvalue weighted by Crippen LogP contribution is -2.12. The molecule has 1 heterocycles. The number of anilines is 3. The van der Waals surface area contributed by atoms with Crippen molar-refractivity contribution < 1.29 is 14.3 Å². The molecule has 6 nitrogen and oxygen atoms in total. The van der Waals surface area contributed by atoms with E-state index in [1.54, 1.807) is 36.6 Å². The Bertz CT molecular complexity index is 892. The van der Waals surface area contributed by atoms with Gasteiger partial charge in [-0.05, 0) is 43.3 Å². The van der Waals surface area contributed by atoms with Gasteiger partial charge in [-0.25, -0.2) is 9.78 Å². The van der Waals surface area contributed by atoms with Crippen molar-refractivity contribution in [3.8, 4) is 0 Å². The van der Waals surface area contributed by atoms with Crippen LogP contribution in [0.3, 0.4) is 0 Å². The molecule has 0 radical (unpaired) electrons. The average Bonchev–Trinajstić information content (AvgIpc) is 3.12. The number of nitrogens with one attached hydrogen (secondary N) is 2. The molecule has 0 atom stereocenters. The number of carbonyl (C=O) groups excluding carboxylic acids is 2. The standard InChI is InChI=1S/C19H17N3O3S/c1-2-25-18(24)13-8-10-15(11-9-13)20-17(23)16-12-26-19(22-16)21-14-6-4-3-5-7-14/h3-12H,2H2,1H3,(H,20,23)(H,21,22). The summed E-state index contributed by atoms with van der Waals surface area (Å²) < 4.78 is 4.93. The Hall–Kier alpha value is -3.19. The molecule has 132 valence electrons. The topological polar surface area (TPSA) is 80.3 Å². The summed E-state index contributed by atoms with van der Waals surface area (Å²) in [5.74, 6) is -0.701. The minimum absolute atomic E-state index is 0.314. The molecule has 0 saturated carbocycles. The van der Waals surface area contributed by atoms with E-state index in [4.69, 9.17) is 4.74 Å². The van der Waals surface area contributed by atoms with Crippen LogP contribution in [0, 0.1) is 0 Å². The summed E-state index contributed by atoms with van der Waals surface area (Å²) in [6, 6.07) is 16.1. The van der Waals surface area contributed by atoms with Gasteiger partial charge in [-0.1, -0.05) is 18.2 Å². The molecular formula is C19H17N3O3S. The number of hydrogen-bond donors (Lipinski definition) is 2. The second-order valence-electron chi connectivity index (χ2n) is 5.28. The number of para-hydroxylation sites is 1. The maximum absolute atomic E-state index is 12.3. The van der Waals surface area contributed by atoms with Crippen molar-refractivity contribution in [3.05, 3.63) is 71.2 Å². The maximum atomic E-state index is 12.3. The Balaban J connectivity index is 1.62. The largest absolute Gasteiger partial charge is 0.462 e. The third-order valence-corrected chi connectivity index (χ3v) is 4.17. The molecule has 2 aromatic carbocycles. The fraction of sp³-hybridized carbons (Fsp3) is 0.105. The number of hydrogen-bond acceptors (Lipinski definition) is 6. The number of ether oxygens (including phenoxy) is 1. The summed E-state index contributed by atoms with van der Waals surface area (Å²) in [7, 11) is 0. The first-order chi connectivity index (χ1) is 12.7. The normalized spacial score (nSPS) is 10.2. The number of benzene rings is 2. The summed E-state index contributed by atoms with van der Waals surface area (Å²) in [6.45, 7) is 2.07. The third-order valence-electron chi connectivity index (χ3n) is 3.42. The van der Waals surface area contributed by atoms with Gasteiger partial charge in [0.15, 0.2) is 5.13 Å². The smallest absolute Gasteiger partial charge is 0.338 e. The highest BCUT2D eigenvalue weighted by Crippen LogP contribution is 2.21. The number of aromatic nitrogens is 1. The Morgan fingerprint density at radius 3 is 2.46 bits per heavy atom. The van der Waals surface area contributed by atoms with Gasteiger partial charge in [0.05, 0.1) is 12.2 Å². The first-order valence-corrected chi connectivity index (χ1v) is 8.90. The molecule has 0 spiro atoms. The zero-order valence-corrected chi connectivity index (χ0v) is 14.9. The molecule has 3 rings (SSSR count). The first kappa shape index (κ1) is 17.6. The van der Waals surface area contributed by atoms with Crippen molar-refractivity contribution in [2.24, 2.45) is 0 Å². The lowest BCUT2D eigenvalue weighted by atomic mass is 10.2. The lowest BCUT2D eigenvalue weighted by molar-refractivity contribution is 0.0526. The Morgan fingerprint density at radius 1 is 1.04 bits per heavy atom. The summed E-state index contributed by atoms with van der Waals surface area (Å²) >= 11 is 1.35. The van der Waals surface area contributed by atoms with E-state index in [0.717, 1.165) is 5.69 Å². The summed E-state index contributed by atoms with van der Waals surface area (Å²) in [6.07, 6.45) is 0. The second-order valence-corrected chi connectivity index (χ2v) is 6.14. The SMILES string of the molecule is CCOC(=O)c1ccc(NC(=O)c2csc(Nc3ccccc3)n2)cc1. The van der Waals surface area contributed by atoms with Gasteiger partial charge >= 0.3 is 5.97 Å². The van der Waals surface area contributed by atoms with E-state index < -0.39 is 0 Å². The minimum atomic E-state index is -0.387. The minimum Gasteiger partial charge on any atom is -0.462 e. The van der Waals surface area contributed by atoms with Gasteiger partial charge in [0.25, 0.3) is 5.91 Å². The molecule has 1 aromatic heterocycles. The van der Waals surface area contributed by atoms with Crippen molar-refractivity contribution in [3.63, 3.8) is 0 Å². The highest BCUT2D eigenvalue weighted by Gasteiger charge is 2.12. The van der Waals surface area contributed by atoms with Gasteiger partial charge in [0, 0.05) is 16.8 Å². The molecule has 26 heavy (non-hydrogen) atoms. The second kappa shape index (κ2) is 8.26. The Labute approximate surface area is 154 Å². The van der Waals surface area contributed by atoms with Crippen LogP contribution >= 0.6 is 11.3 Å². The average molecular weight is 367 g/mol. The molecule has 0 unspecified atom stereocenters. The van der Waals surface area contributed by atoms with Gasteiger partial charge in [0.2, 0.25) is 0 Å². The van der Waals surface area contributed by atoms with Gasteiger partial charge < -0.3 is 15.4 Å². The van der Waals surface area contributed by atoms with E-state index in [2.05, 4.69) is 15.6 Å². The van der Waals surface area contributed by atoms with Crippen LogP contribution in [0.15, 0.2) is 60.0 Å². The van der Waals surface area contributed by atoms with Crippen LogP contribution in [-0.2, 0) is 4.74 Å². The number of nitrogens with zero attached hydrogens (tertiary/aromatic N) is 1. The van der Waals surface area contributed by atoms with E-state index in [0.29, 0.717) is 28.7 Å². The molecule has 2 N–H and O–H groups in total. The van der Waals surface area contributed by atoms with Crippen LogP contribution in [0.4, 0.5) is 16.5 Å². The Morgan fingerprint density at radius 2 is 1.77 bits per heavy atom. The molecule has 0 aliphatic heterocycles. The molecule has 0 saturated heterocycles. The van der Waals surface area contributed by atoms with E-state index in [1.165, 1.54) is 11.3 Å². The predicted molar refractivity (Wildman–Crippen MR) is 102 cm³/mol. The van der Waals surface area contributed by atoms with E-state index in [9.17, 15) is 9.59 Å². The summed E-state index contributed by atoms with van der Waals surface area (Å²) in [5, 5.41) is 8.24. The molecule has 0 aliphatic carbocycles. The summed E-state index contributed by atoms with van der Waals surface area (Å²) in [4.78, 5) is 28.2. The van der Waals surface area contributed by atoms with Crippen LogP contribution in [0.5, 0.6) is 0 Å². The third kappa shape index (κ3) is 4.46. The van der Waals surface area contributed by atoms with Crippen molar-refractivity contribution >= 4 is 39.7 Å². The molecule has 1 amide bonds. The molecule has 0 fully saturated rings. The number of amides is 1. The monoisotopic (exact) mass is 367 g/mol. The van der Waals surface area contributed by atoms with E-state index in [1.807, 2.05) is 30.3 Å². The Kier molecular flexibility index (Phi) is 5.60. The molecule has 0 aliphatic rings. The van der Waals surface area contributed by atoms with Crippen LogP contribution in [0.2, 0.25) is 0 Å². The van der Waals surface area contributed by atoms with E-state index >= 15 is 0 Å². The van der Waals surface area contributed by atoms with E-state index in [-0.39, 0.29) is 11.9 Å². The number of esters is 1. The van der Waals surface area contributed by atoms with Crippen LogP contribution in [0.1, 0.15) is 27.8 Å². The van der Waals surface area contributed by atoms with Crippen molar-refractivity contribution in [1.29, 1.82) is 0 Å². The van der Waals surface area contributed by atoms with Gasteiger partial charge in [0.1, 0.15) is 5.69 Å². The quantitative estimate of drug-likeness (QED) is 0.635. The molecule has 3 aromatic rings. The fourth-order valence-electron chi connectivity index (χ4n) is 2.18. The number of thiazole rings is 1. The molecule has 7 heteroatoms. The van der Waals surface area contributed by atoms with Crippen molar-refractivity contribution in [2.45, 2.75) is 6.92 Å². The first-order valence-electron chi connectivity index (χ1n) is 8.02. The zero-order chi connectivity index (χ0) is 18.4. The van der Waals surface area contributed by atoms with Crippen molar-refractivity contribution in [2.75, 3.05) is 17.2 Å². The number of carbonyl (C=O) groups is 2.